The summed E-state index contributed by atoms with van der Waals surface area (Å²) in [4.78, 5) is 34.4. The lowest BCUT2D eigenvalue weighted by Crippen LogP contribution is -1.95. The molecule has 0 bridgehead atoms. The van der Waals surface area contributed by atoms with E-state index < -0.39 is 0 Å². The Morgan fingerprint density at radius 1 is 0.163 bits per heavy atom. The molecule has 0 unspecified atom stereocenters. The fourth-order valence-electron chi connectivity index (χ4n) is 20.2. The van der Waals surface area contributed by atoms with E-state index in [2.05, 4.69) is 396 Å². The van der Waals surface area contributed by atoms with Crippen molar-refractivity contribution in [2.24, 2.45) is 0 Å². The minimum atomic E-state index is 0.923. The molecule has 10 heteroatoms. The van der Waals surface area contributed by atoms with Gasteiger partial charge in [-0.25, -0.2) is 24.9 Å². The summed E-state index contributed by atoms with van der Waals surface area (Å²) in [6, 6.07) is 149. The maximum Gasteiger partial charge on any atom is 0.145 e. The summed E-state index contributed by atoms with van der Waals surface area (Å²) in [7, 11) is 0. The lowest BCUT2D eigenvalue weighted by Gasteiger charge is -2.18. The Bertz CT molecular complexity index is 9030. The molecule has 0 atom stereocenters. The van der Waals surface area contributed by atoms with Crippen molar-refractivity contribution in [2.75, 3.05) is 0 Å². The van der Waals surface area contributed by atoms with E-state index in [9.17, 15) is 0 Å². The Hall–Kier alpha value is -17.5. The molecule has 129 heavy (non-hydrogen) atoms. The number of para-hydroxylation sites is 4. The van der Waals surface area contributed by atoms with Crippen molar-refractivity contribution >= 4 is 163 Å². The Morgan fingerprint density at radius 3 is 0.837 bits per heavy atom. The van der Waals surface area contributed by atoms with Crippen LogP contribution in [0.5, 0.6) is 0 Å². The zero-order valence-corrected chi connectivity index (χ0v) is 69.7. The van der Waals surface area contributed by atoms with Crippen molar-refractivity contribution in [1.29, 1.82) is 0 Å². The summed E-state index contributed by atoms with van der Waals surface area (Å²) in [5.41, 5.74) is 26.2. The van der Waals surface area contributed by atoms with Gasteiger partial charge in [0.1, 0.15) is 16.9 Å². The molecule has 0 aliphatic heterocycles. The zero-order valence-electron chi connectivity index (χ0n) is 69.7. The van der Waals surface area contributed by atoms with Gasteiger partial charge in [-0.1, -0.05) is 273 Å². The van der Waals surface area contributed by atoms with E-state index in [4.69, 9.17) is 34.9 Å². The van der Waals surface area contributed by atoms with Crippen LogP contribution in [0.1, 0.15) is 0 Å². The van der Waals surface area contributed by atoms with Gasteiger partial charge in [0.25, 0.3) is 0 Å². The van der Waals surface area contributed by atoms with Crippen LogP contribution < -0.4 is 0 Å². The summed E-state index contributed by atoms with van der Waals surface area (Å²) >= 11 is 0. The molecule has 0 aliphatic carbocycles. The smallest absolute Gasteiger partial charge is 0.145 e. The number of hydrogen-bond donors (Lipinski definition) is 0. The number of fused-ring (bicyclic) bond motifs is 19. The van der Waals surface area contributed by atoms with Crippen LogP contribution in [-0.4, -0.2) is 48.6 Å². The highest BCUT2D eigenvalue weighted by Crippen LogP contribution is 2.50. The molecule has 27 aromatic rings. The lowest BCUT2D eigenvalue weighted by molar-refractivity contribution is 1.14. The van der Waals surface area contributed by atoms with Crippen molar-refractivity contribution < 1.29 is 0 Å². The van der Waals surface area contributed by atoms with Crippen LogP contribution in [-0.2, 0) is 0 Å². The first kappa shape index (κ1) is 74.2. The largest absolute Gasteiger partial charge is 0.294 e. The van der Waals surface area contributed by atoms with Gasteiger partial charge in [-0.2, -0.15) is 0 Å². The number of nitrogens with zero attached hydrogens (tertiary/aromatic N) is 10. The molecule has 10 heterocycles. The standard InChI is InChI=1S/C43H26N4.C40H25N3.C36H23N3/c1-2-11-30(12-3-1)47-38-23-21-29(26-36(38)35-17-9-25-45-43(35)47)39-31-13-4-6-15-33(31)40(34-16-7-5-14-32(34)39)37-22-20-28-19-18-27-10-8-24-44-41(27)42(28)46-37;1-2-12-28(13-3-1)43-37-23-21-27(25-34(37)33-18-10-24-41-40(33)43)38-29-14-5-7-16-31(29)39(32-17-8-6-15-30(32)38)36-22-20-26-11-4-9-19-35(26)42-36;1-2-11-25(12-3-1)39-33-20-19-24(23-31(33)30-17-10-22-38-36(30)39)34-26-13-4-6-15-28(26)35(32-18-8-9-21-37-32)29-16-7-5-14-27(29)34/h1-26H;1-25H;1-23H. The van der Waals surface area contributed by atoms with Gasteiger partial charge in [-0.05, 0) is 244 Å². The van der Waals surface area contributed by atoms with Gasteiger partial charge < -0.3 is 0 Å². The Morgan fingerprint density at radius 2 is 0.450 bits per heavy atom. The molecule has 27 rings (SSSR count). The van der Waals surface area contributed by atoms with Crippen LogP contribution in [0.3, 0.4) is 0 Å². The number of rotatable bonds is 9. The minimum absolute atomic E-state index is 0.923. The SMILES string of the molecule is c1ccc(-n2c3ccc(-c4c5ccccc5c(-c5ccc6ccc7cccnc7c6n5)c5ccccc45)cc3c3cccnc32)cc1.c1ccc(-n2c3ccc(-c4c5ccccc5c(-c5ccc6ccccc6n5)c5ccccc45)cc3c3cccnc32)cc1.c1ccc(-n2c3ccc(-c4c5ccccc5c(-c5ccccn5)c5ccccc45)cc3c3cccnc32)cc1. The second kappa shape index (κ2) is 30.8. The molecule has 0 aliphatic rings. The third kappa shape index (κ3) is 12.3. The maximum atomic E-state index is 5.31. The maximum absolute atomic E-state index is 5.31. The van der Waals surface area contributed by atoms with Crippen molar-refractivity contribution in [1.82, 2.24) is 48.6 Å². The topological polar surface area (TPSA) is 105 Å². The number of pyridine rings is 7. The van der Waals surface area contributed by atoms with Crippen LogP contribution in [0.25, 0.3) is 247 Å². The highest BCUT2D eigenvalue weighted by atomic mass is 15.1. The molecule has 17 aromatic carbocycles. The fourth-order valence-corrected chi connectivity index (χ4v) is 20.2. The van der Waals surface area contributed by atoms with Gasteiger partial charge in [0.15, 0.2) is 0 Å². The molecule has 0 saturated carbocycles. The van der Waals surface area contributed by atoms with E-state index in [0.717, 1.165) is 122 Å². The summed E-state index contributed by atoms with van der Waals surface area (Å²) in [6.45, 7) is 0. The Labute approximate surface area is 740 Å². The molecular formula is C119H74N10. The molecule has 0 N–H and O–H groups in total. The van der Waals surface area contributed by atoms with E-state index in [-0.39, 0.29) is 0 Å². The molecule has 0 spiro atoms. The van der Waals surface area contributed by atoms with Crippen molar-refractivity contribution in [3.63, 3.8) is 0 Å². The first-order chi connectivity index (χ1) is 64.1. The van der Waals surface area contributed by atoms with Crippen molar-refractivity contribution in [3.8, 4) is 84.2 Å². The van der Waals surface area contributed by atoms with Crippen LogP contribution >= 0.6 is 0 Å². The van der Waals surface area contributed by atoms with Crippen LogP contribution in [0.4, 0.5) is 0 Å². The molecule has 0 fully saturated rings. The average molecular weight is 1640 g/mol. The Balaban J connectivity index is 0.000000105. The van der Waals surface area contributed by atoms with E-state index in [1.807, 2.05) is 67.4 Å². The summed E-state index contributed by atoms with van der Waals surface area (Å²) in [6.07, 6.45) is 9.35. The Kier molecular flexibility index (Phi) is 17.7. The molecule has 10 aromatic heterocycles. The van der Waals surface area contributed by atoms with Gasteiger partial charge in [-0.3, -0.25) is 23.7 Å². The molecular weight excluding hydrogens is 1570 g/mol. The van der Waals surface area contributed by atoms with Gasteiger partial charge in [0, 0.05) is 113 Å². The normalized spacial score (nSPS) is 11.7. The summed E-state index contributed by atoms with van der Waals surface area (Å²) < 4.78 is 6.78. The number of hydrogen-bond acceptors (Lipinski definition) is 7. The monoisotopic (exact) mass is 1640 g/mol. The zero-order chi connectivity index (χ0) is 85.0. The average Bonchev–Trinajstić information content (AvgIpc) is 0.989. The minimum Gasteiger partial charge on any atom is -0.294 e. The fraction of sp³-hybridized carbons (Fsp3) is 0. The van der Waals surface area contributed by atoms with Gasteiger partial charge in [-0.15, -0.1) is 0 Å². The molecule has 0 amide bonds. The first-order valence-corrected chi connectivity index (χ1v) is 43.6. The van der Waals surface area contributed by atoms with Gasteiger partial charge in [0.05, 0.1) is 50.2 Å². The van der Waals surface area contributed by atoms with Gasteiger partial charge in [0.2, 0.25) is 0 Å². The van der Waals surface area contributed by atoms with Crippen LogP contribution in [0.2, 0.25) is 0 Å². The second-order valence-corrected chi connectivity index (χ2v) is 32.9. The van der Waals surface area contributed by atoms with E-state index in [0.29, 0.717) is 0 Å². The number of benzene rings is 17. The van der Waals surface area contributed by atoms with Crippen LogP contribution in [0, 0.1) is 0 Å². The first-order valence-electron chi connectivity index (χ1n) is 43.6. The van der Waals surface area contributed by atoms with Gasteiger partial charge >= 0.3 is 0 Å². The van der Waals surface area contributed by atoms with E-state index >= 15 is 0 Å². The second-order valence-electron chi connectivity index (χ2n) is 32.9. The third-order valence-electron chi connectivity index (χ3n) is 25.7. The highest BCUT2D eigenvalue weighted by molar-refractivity contribution is 6.26. The highest BCUT2D eigenvalue weighted by Gasteiger charge is 2.26. The van der Waals surface area contributed by atoms with E-state index in [1.54, 1.807) is 0 Å². The molecule has 0 saturated heterocycles. The van der Waals surface area contributed by atoms with E-state index in [1.165, 1.54) is 125 Å². The molecule has 10 nitrogen and oxygen atoms in total. The lowest BCUT2D eigenvalue weighted by atomic mass is 9.87. The quantitative estimate of drug-likeness (QED) is 0.105. The summed E-state index contributed by atoms with van der Waals surface area (Å²) in [5.74, 6) is 0. The predicted octanol–water partition coefficient (Wildman–Crippen LogP) is 30.5. The number of aromatic nitrogens is 10. The predicted molar refractivity (Wildman–Crippen MR) is 537 cm³/mol. The van der Waals surface area contributed by atoms with Crippen LogP contribution in [0.15, 0.2) is 450 Å². The van der Waals surface area contributed by atoms with Crippen molar-refractivity contribution in [3.05, 3.63) is 450 Å². The molecule has 600 valence electrons. The van der Waals surface area contributed by atoms with Crippen molar-refractivity contribution in [2.45, 2.75) is 0 Å². The third-order valence-corrected chi connectivity index (χ3v) is 25.7. The summed E-state index contributed by atoms with van der Waals surface area (Å²) in [5, 5.41) is 24.8. The molecule has 0 radical (unpaired) electrons.